The van der Waals surface area contributed by atoms with Crippen LogP contribution in [0.2, 0.25) is 5.02 Å². The number of hydrogen-bond acceptors (Lipinski definition) is 6. The van der Waals surface area contributed by atoms with Gasteiger partial charge >= 0.3 is 12.1 Å². The van der Waals surface area contributed by atoms with Gasteiger partial charge < -0.3 is 19.1 Å². The highest BCUT2D eigenvalue weighted by Crippen LogP contribution is 2.43. The molecule has 0 atom stereocenters. The molecule has 0 amide bonds. The van der Waals surface area contributed by atoms with E-state index >= 15 is 0 Å². The summed E-state index contributed by atoms with van der Waals surface area (Å²) >= 11 is 6.10. The van der Waals surface area contributed by atoms with E-state index in [1.54, 1.807) is 24.3 Å². The van der Waals surface area contributed by atoms with E-state index in [9.17, 15) is 9.59 Å². The largest absolute Gasteiger partial charge is 0.513 e. The van der Waals surface area contributed by atoms with Crippen molar-refractivity contribution in [2.24, 2.45) is 0 Å². The van der Waals surface area contributed by atoms with Crippen molar-refractivity contribution in [3.63, 3.8) is 0 Å². The van der Waals surface area contributed by atoms with Gasteiger partial charge in [0.25, 0.3) is 0 Å². The molecule has 0 saturated heterocycles. The van der Waals surface area contributed by atoms with Crippen molar-refractivity contribution in [1.82, 2.24) is 0 Å². The summed E-state index contributed by atoms with van der Waals surface area (Å²) in [6.07, 6.45) is 0.236. The monoisotopic (exact) mass is 377 g/mol. The molecule has 0 aromatic heterocycles. The van der Waals surface area contributed by atoms with Crippen LogP contribution in [0.15, 0.2) is 36.9 Å². The highest BCUT2D eigenvalue weighted by molar-refractivity contribution is 6.31. The maximum atomic E-state index is 11.9. The third-order valence-corrected chi connectivity index (χ3v) is 4.06. The Kier molecular flexibility index (Phi) is 6.46. The van der Waals surface area contributed by atoms with Crippen molar-refractivity contribution in [2.45, 2.75) is 13.8 Å². The molecule has 7 heteroatoms. The number of carbonyl (C=O) groups excluding carboxylic acids is 2. The summed E-state index contributed by atoms with van der Waals surface area (Å²) < 4.78 is 15.4. The second-order valence-electron chi connectivity index (χ2n) is 5.27. The van der Waals surface area contributed by atoms with Crippen LogP contribution < -0.4 is 14.4 Å². The lowest BCUT2D eigenvalue weighted by molar-refractivity contribution is -0.128. The van der Waals surface area contributed by atoms with Gasteiger partial charge in [-0.05, 0) is 32.0 Å². The van der Waals surface area contributed by atoms with Gasteiger partial charge in [0, 0.05) is 41.0 Å². The molecule has 2 aromatic carbocycles. The molecule has 0 aliphatic carbocycles. The van der Waals surface area contributed by atoms with Gasteiger partial charge in [-0.25, -0.2) is 9.59 Å². The van der Waals surface area contributed by atoms with Gasteiger partial charge in [0.15, 0.2) is 5.75 Å². The van der Waals surface area contributed by atoms with Gasteiger partial charge in [0.1, 0.15) is 5.75 Å². The first-order chi connectivity index (χ1) is 12.4. The third kappa shape index (κ3) is 4.08. The molecule has 0 bridgehead atoms. The summed E-state index contributed by atoms with van der Waals surface area (Å²) in [5, 5.41) is 1.54. The van der Waals surface area contributed by atoms with Crippen molar-refractivity contribution in [3.8, 4) is 11.5 Å². The highest BCUT2D eigenvalue weighted by atomic mass is 35.5. The first-order valence-electron chi connectivity index (χ1n) is 8.06. The minimum absolute atomic E-state index is 0.259. The topological polar surface area (TPSA) is 65.1 Å². The number of halogens is 1. The number of esters is 1. The minimum Gasteiger partial charge on any atom is -0.437 e. The first kappa shape index (κ1) is 19.6. The Labute approximate surface area is 156 Å². The quantitative estimate of drug-likeness (QED) is 0.318. The van der Waals surface area contributed by atoms with E-state index in [1.807, 2.05) is 18.7 Å². The van der Waals surface area contributed by atoms with Gasteiger partial charge in [-0.1, -0.05) is 18.2 Å². The van der Waals surface area contributed by atoms with Crippen LogP contribution in [0.4, 0.5) is 10.5 Å². The van der Waals surface area contributed by atoms with Crippen LogP contribution >= 0.6 is 11.6 Å². The molecule has 138 valence electrons. The number of ether oxygens (including phenoxy) is 3. The summed E-state index contributed by atoms with van der Waals surface area (Å²) in [6, 6.07) is 6.64. The van der Waals surface area contributed by atoms with Gasteiger partial charge in [0.05, 0.1) is 12.8 Å². The number of methoxy groups -OCH3 is 1. The second-order valence-corrected chi connectivity index (χ2v) is 5.70. The van der Waals surface area contributed by atoms with Crippen LogP contribution in [0, 0.1) is 0 Å². The van der Waals surface area contributed by atoms with Crippen LogP contribution in [-0.2, 0) is 9.53 Å². The molecule has 0 heterocycles. The van der Waals surface area contributed by atoms with Crippen molar-refractivity contribution < 1.29 is 23.8 Å². The summed E-state index contributed by atoms with van der Waals surface area (Å²) in [6.45, 7) is 8.69. The van der Waals surface area contributed by atoms with E-state index in [0.29, 0.717) is 40.3 Å². The normalized spacial score (nSPS) is 10.3. The van der Waals surface area contributed by atoms with Crippen molar-refractivity contribution in [2.75, 3.05) is 25.1 Å². The molecule has 2 aromatic rings. The van der Waals surface area contributed by atoms with Gasteiger partial charge in [-0.2, -0.15) is 0 Å². The average molecular weight is 378 g/mol. The maximum Gasteiger partial charge on any atom is 0.513 e. The Hall–Kier alpha value is -2.73. The van der Waals surface area contributed by atoms with E-state index in [0.717, 1.165) is 6.08 Å². The highest BCUT2D eigenvalue weighted by Gasteiger charge is 2.21. The smallest absolute Gasteiger partial charge is 0.437 e. The van der Waals surface area contributed by atoms with Crippen LogP contribution in [0.1, 0.15) is 13.8 Å². The molecular weight excluding hydrogens is 358 g/mol. The molecule has 0 unspecified atom stereocenters. The standard InChI is InChI=1S/C19H20ClNO5/c1-5-17(22)26-18-13-9-8-12(20)10-14(13)16(25-19(23)24-4)11-15(18)21(6-2)7-3/h5,8-11H,1,6-7H2,2-4H3. The van der Waals surface area contributed by atoms with E-state index < -0.39 is 12.1 Å². The molecule has 0 fully saturated rings. The van der Waals surface area contributed by atoms with Crippen molar-refractivity contribution >= 4 is 40.2 Å². The number of anilines is 1. The zero-order chi connectivity index (χ0) is 19.3. The number of fused-ring (bicyclic) bond motifs is 1. The Bertz CT molecular complexity index is 845. The fourth-order valence-corrected chi connectivity index (χ4v) is 2.76. The molecule has 0 N–H and O–H groups in total. The molecule has 0 spiro atoms. The van der Waals surface area contributed by atoms with E-state index in [-0.39, 0.29) is 5.75 Å². The molecule has 26 heavy (non-hydrogen) atoms. The fraction of sp³-hybridized carbons (Fsp3) is 0.263. The van der Waals surface area contributed by atoms with Crippen LogP contribution in [0.5, 0.6) is 11.5 Å². The summed E-state index contributed by atoms with van der Waals surface area (Å²) in [7, 11) is 1.23. The number of benzene rings is 2. The van der Waals surface area contributed by atoms with Crippen LogP contribution in [-0.4, -0.2) is 32.3 Å². The molecule has 0 saturated carbocycles. The minimum atomic E-state index is -0.854. The number of nitrogens with zero attached hydrogens (tertiary/aromatic N) is 1. The lowest BCUT2D eigenvalue weighted by atomic mass is 10.1. The average Bonchev–Trinajstić information content (AvgIpc) is 2.64. The molecule has 0 radical (unpaired) electrons. The van der Waals surface area contributed by atoms with E-state index in [2.05, 4.69) is 11.3 Å². The lowest BCUT2D eigenvalue weighted by Gasteiger charge is -2.25. The number of hydrogen-bond donors (Lipinski definition) is 0. The van der Waals surface area contributed by atoms with Gasteiger partial charge in [-0.15, -0.1) is 0 Å². The van der Waals surface area contributed by atoms with Crippen molar-refractivity contribution in [1.29, 1.82) is 0 Å². The SMILES string of the molecule is C=CC(=O)Oc1c(N(CC)CC)cc(OC(=O)OC)c2cc(Cl)ccc12. The fourth-order valence-electron chi connectivity index (χ4n) is 2.59. The Morgan fingerprint density at radius 3 is 2.42 bits per heavy atom. The van der Waals surface area contributed by atoms with Gasteiger partial charge in [0.2, 0.25) is 0 Å². The maximum absolute atomic E-state index is 11.9. The van der Waals surface area contributed by atoms with Gasteiger partial charge in [-0.3, -0.25) is 0 Å². The zero-order valence-corrected chi connectivity index (χ0v) is 15.6. The first-order valence-corrected chi connectivity index (χ1v) is 8.44. The summed E-state index contributed by atoms with van der Waals surface area (Å²) in [5.74, 6) is 0.0217. The van der Waals surface area contributed by atoms with E-state index in [4.69, 9.17) is 21.1 Å². The molecule has 0 aliphatic heterocycles. The van der Waals surface area contributed by atoms with Crippen molar-refractivity contribution in [3.05, 3.63) is 41.9 Å². The predicted molar refractivity (Wildman–Crippen MR) is 101 cm³/mol. The van der Waals surface area contributed by atoms with Crippen LogP contribution in [0.3, 0.4) is 0 Å². The molecule has 2 rings (SSSR count). The Morgan fingerprint density at radius 2 is 1.85 bits per heavy atom. The lowest BCUT2D eigenvalue weighted by Crippen LogP contribution is -2.23. The number of carbonyl (C=O) groups is 2. The molecule has 6 nitrogen and oxygen atoms in total. The summed E-state index contributed by atoms with van der Waals surface area (Å²) in [5.41, 5.74) is 0.610. The predicted octanol–water partition coefficient (Wildman–Crippen LogP) is 4.58. The zero-order valence-electron chi connectivity index (χ0n) is 14.9. The van der Waals surface area contributed by atoms with E-state index in [1.165, 1.54) is 7.11 Å². The Morgan fingerprint density at radius 1 is 1.15 bits per heavy atom. The molecular formula is C19H20ClNO5. The molecule has 0 aliphatic rings. The Balaban J connectivity index is 2.80. The third-order valence-electron chi connectivity index (χ3n) is 3.83. The van der Waals surface area contributed by atoms with Crippen LogP contribution in [0.25, 0.3) is 10.8 Å². The number of rotatable bonds is 6. The second kappa shape index (κ2) is 8.58. The summed E-state index contributed by atoms with van der Waals surface area (Å²) in [4.78, 5) is 25.5.